The van der Waals surface area contributed by atoms with Crippen LogP contribution >= 0.6 is 22.9 Å². The van der Waals surface area contributed by atoms with Crippen molar-refractivity contribution in [2.24, 2.45) is 0 Å². The molecule has 2 amide bonds. The lowest BCUT2D eigenvalue weighted by Gasteiger charge is -2.12. The number of halogens is 1. The van der Waals surface area contributed by atoms with E-state index in [0.717, 1.165) is 15.6 Å². The Morgan fingerprint density at radius 2 is 1.92 bits per heavy atom. The number of anilines is 1. The molecule has 3 rings (SSSR count). The molecule has 0 radical (unpaired) electrons. The van der Waals surface area contributed by atoms with E-state index in [1.807, 2.05) is 29.6 Å². The zero-order valence-electron chi connectivity index (χ0n) is 14.0. The number of thiophene rings is 1. The Bertz CT molecular complexity index is 970. The zero-order chi connectivity index (χ0) is 18.7. The van der Waals surface area contributed by atoms with Crippen LogP contribution in [0, 0.1) is 6.92 Å². The summed E-state index contributed by atoms with van der Waals surface area (Å²) in [7, 11) is 0. The zero-order valence-corrected chi connectivity index (χ0v) is 15.5. The highest BCUT2D eigenvalue weighted by atomic mass is 35.5. The fraction of sp³-hybridized carbons (Fsp3) is 0.158. The molecule has 1 heterocycles. The Morgan fingerprint density at radius 3 is 2.73 bits per heavy atom. The van der Waals surface area contributed by atoms with Crippen molar-refractivity contribution in [2.45, 2.75) is 13.0 Å². The summed E-state index contributed by atoms with van der Waals surface area (Å²) in [6.45, 7) is 1.70. The van der Waals surface area contributed by atoms with Crippen molar-refractivity contribution < 1.29 is 14.7 Å². The highest BCUT2D eigenvalue weighted by Crippen LogP contribution is 2.29. The smallest absolute Gasteiger partial charge is 0.313 e. The molecule has 5 nitrogen and oxygen atoms in total. The molecule has 3 N–H and O–H groups in total. The first-order chi connectivity index (χ1) is 12.5. The van der Waals surface area contributed by atoms with Crippen molar-refractivity contribution in [3.05, 3.63) is 64.0 Å². The molecule has 2 aromatic carbocycles. The molecule has 26 heavy (non-hydrogen) atoms. The van der Waals surface area contributed by atoms with Crippen LogP contribution in [0.3, 0.4) is 0 Å². The Morgan fingerprint density at radius 1 is 1.15 bits per heavy atom. The number of benzene rings is 2. The van der Waals surface area contributed by atoms with Gasteiger partial charge in [-0.3, -0.25) is 9.59 Å². The van der Waals surface area contributed by atoms with E-state index in [2.05, 4.69) is 10.6 Å². The second-order valence-corrected chi connectivity index (χ2v) is 7.10. The van der Waals surface area contributed by atoms with Gasteiger partial charge < -0.3 is 15.7 Å². The number of carbonyl (C=O) groups excluding carboxylic acids is 2. The van der Waals surface area contributed by atoms with E-state index < -0.39 is 17.9 Å². The minimum Gasteiger partial charge on any atom is -0.387 e. The summed E-state index contributed by atoms with van der Waals surface area (Å²) in [6.07, 6.45) is -0.893. The van der Waals surface area contributed by atoms with Crippen molar-refractivity contribution in [3.63, 3.8) is 0 Å². The monoisotopic (exact) mass is 388 g/mol. The highest BCUT2D eigenvalue weighted by Gasteiger charge is 2.18. The van der Waals surface area contributed by atoms with E-state index in [9.17, 15) is 14.7 Å². The van der Waals surface area contributed by atoms with Crippen molar-refractivity contribution in [2.75, 3.05) is 11.9 Å². The first-order valence-electron chi connectivity index (χ1n) is 7.96. The third-order valence-electron chi connectivity index (χ3n) is 4.05. The maximum absolute atomic E-state index is 12.0. The fourth-order valence-electron chi connectivity index (χ4n) is 2.56. The summed E-state index contributed by atoms with van der Waals surface area (Å²) in [6, 6.07) is 12.8. The van der Waals surface area contributed by atoms with Gasteiger partial charge in [0.2, 0.25) is 0 Å². The van der Waals surface area contributed by atoms with Crippen LogP contribution in [0.2, 0.25) is 5.02 Å². The first kappa shape index (κ1) is 18.4. The van der Waals surface area contributed by atoms with Crippen molar-refractivity contribution in [1.29, 1.82) is 0 Å². The molecule has 0 saturated heterocycles. The molecule has 134 valence electrons. The molecule has 0 spiro atoms. The van der Waals surface area contributed by atoms with Gasteiger partial charge in [0.25, 0.3) is 0 Å². The first-order valence-corrected chi connectivity index (χ1v) is 9.21. The number of aliphatic hydroxyl groups is 1. The maximum Gasteiger partial charge on any atom is 0.313 e. The number of hydrogen-bond acceptors (Lipinski definition) is 4. The number of rotatable bonds is 4. The standard InChI is InChI=1S/C19H17ClN2O3S/c1-11-14(20)6-4-7-15(11)22-19(25)18(24)21-9-16(23)13-10-26-17-8-3-2-5-12(13)17/h2-8,10,16,23H,9H2,1H3,(H,21,24)(H,22,25). The number of nitrogens with one attached hydrogen (secondary N) is 2. The predicted molar refractivity (Wildman–Crippen MR) is 105 cm³/mol. The van der Waals surface area contributed by atoms with Crippen molar-refractivity contribution in [1.82, 2.24) is 5.32 Å². The summed E-state index contributed by atoms with van der Waals surface area (Å²) >= 11 is 7.52. The fourth-order valence-corrected chi connectivity index (χ4v) is 3.74. The number of carbonyl (C=O) groups is 2. The minimum atomic E-state index is -0.893. The van der Waals surface area contributed by atoms with Gasteiger partial charge in [-0.05, 0) is 41.5 Å². The third-order valence-corrected chi connectivity index (χ3v) is 5.44. The van der Waals surface area contributed by atoms with E-state index in [0.29, 0.717) is 16.3 Å². The number of amides is 2. The lowest BCUT2D eigenvalue weighted by Crippen LogP contribution is -2.37. The van der Waals surface area contributed by atoms with Gasteiger partial charge >= 0.3 is 11.8 Å². The molecule has 0 bridgehead atoms. The Balaban J connectivity index is 1.61. The highest BCUT2D eigenvalue weighted by molar-refractivity contribution is 7.17. The maximum atomic E-state index is 12.0. The van der Waals surface area contributed by atoms with Crippen molar-refractivity contribution >= 4 is 50.5 Å². The van der Waals surface area contributed by atoms with Crippen LogP contribution in [0.25, 0.3) is 10.1 Å². The number of fused-ring (bicyclic) bond motifs is 1. The number of aliphatic hydroxyl groups excluding tert-OH is 1. The van der Waals surface area contributed by atoms with Crippen LogP contribution in [0.15, 0.2) is 47.8 Å². The molecule has 0 aliphatic heterocycles. The van der Waals surface area contributed by atoms with Gasteiger partial charge in [-0.15, -0.1) is 11.3 Å². The molecule has 1 atom stereocenters. The van der Waals surface area contributed by atoms with E-state index in [1.54, 1.807) is 25.1 Å². The molecule has 1 unspecified atom stereocenters. The van der Waals surface area contributed by atoms with Gasteiger partial charge in [0.1, 0.15) is 0 Å². The van der Waals surface area contributed by atoms with E-state index in [1.165, 1.54) is 11.3 Å². The Kier molecular flexibility index (Phi) is 5.56. The van der Waals surface area contributed by atoms with E-state index in [-0.39, 0.29) is 6.54 Å². The van der Waals surface area contributed by atoms with Crippen LogP contribution in [0.1, 0.15) is 17.2 Å². The predicted octanol–water partition coefficient (Wildman–Crippen LogP) is 3.65. The normalized spacial score (nSPS) is 12.0. The van der Waals surface area contributed by atoms with Gasteiger partial charge in [-0.2, -0.15) is 0 Å². The Labute approximate surface area is 159 Å². The second-order valence-electron chi connectivity index (χ2n) is 5.78. The molecular formula is C19H17ClN2O3S. The van der Waals surface area contributed by atoms with Crippen LogP contribution < -0.4 is 10.6 Å². The molecule has 0 aliphatic carbocycles. The van der Waals surface area contributed by atoms with Gasteiger partial charge in [0.05, 0.1) is 6.10 Å². The van der Waals surface area contributed by atoms with Gasteiger partial charge in [0.15, 0.2) is 0 Å². The average molecular weight is 389 g/mol. The van der Waals surface area contributed by atoms with Crippen LogP contribution in [0.4, 0.5) is 5.69 Å². The van der Waals surface area contributed by atoms with Crippen LogP contribution in [-0.4, -0.2) is 23.5 Å². The summed E-state index contributed by atoms with van der Waals surface area (Å²) in [5.74, 6) is -1.62. The van der Waals surface area contributed by atoms with E-state index >= 15 is 0 Å². The molecule has 0 fully saturated rings. The third kappa shape index (κ3) is 3.88. The van der Waals surface area contributed by atoms with Crippen LogP contribution in [0.5, 0.6) is 0 Å². The summed E-state index contributed by atoms with van der Waals surface area (Å²) < 4.78 is 1.06. The summed E-state index contributed by atoms with van der Waals surface area (Å²) in [5.41, 5.74) is 1.89. The number of hydrogen-bond donors (Lipinski definition) is 3. The lowest BCUT2D eigenvalue weighted by atomic mass is 10.1. The molecule has 0 saturated carbocycles. The largest absolute Gasteiger partial charge is 0.387 e. The Hall–Kier alpha value is -2.41. The summed E-state index contributed by atoms with van der Waals surface area (Å²) in [5, 5.41) is 18.6. The molecule has 1 aromatic heterocycles. The minimum absolute atomic E-state index is 0.0541. The molecular weight excluding hydrogens is 372 g/mol. The average Bonchev–Trinajstić information content (AvgIpc) is 3.07. The molecule has 0 aliphatic rings. The quantitative estimate of drug-likeness (QED) is 0.597. The van der Waals surface area contributed by atoms with Crippen LogP contribution in [-0.2, 0) is 9.59 Å². The summed E-state index contributed by atoms with van der Waals surface area (Å²) in [4.78, 5) is 24.1. The molecule has 3 aromatic rings. The van der Waals surface area contributed by atoms with E-state index in [4.69, 9.17) is 11.6 Å². The van der Waals surface area contributed by atoms with Gasteiger partial charge in [0, 0.05) is 27.5 Å². The van der Waals surface area contributed by atoms with Gasteiger partial charge in [-0.1, -0.05) is 35.9 Å². The SMILES string of the molecule is Cc1c(Cl)cccc1NC(=O)C(=O)NCC(O)c1csc2ccccc12. The molecule has 7 heteroatoms. The topological polar surface area (TPSA) is 78.4 Å². The van der Waals surface area contributed by atoms with Gasteiger partial charge in [-0.25, -0.2) is 0 Å². The lowest BCUT2D eigenvalue weighted by molar-refractivity contribution is -0.136. The second kappa shape index (κ2) is 7.86. The van der Waals surface area contributed by atoms with Crippen molar-refractivity contribution in [3.8, 4) is 0 Å².